The van der Waals surface area contributed by atoms with Gasteiger partial charge in [-0.3, -0.25) is 4.79 Å². The van der Waals surface area contributed by atoms with E-state index in [1.54, 1.807) is 30.3 Å². The number of hydrogen-bond acceptors (Lipinski definition) is 4. The fourth-order valence-corrected chi connectivity index (χ4v) is 3.48. The normalized spacial score (nSPS) is 11.0. The Hall–Kier alpha value is -3.63. The van der Waals surface area contributed by atoms with Crippen LogP contribution in [0.25, 0.3) is 6.08 Å². The summed E-state index contributed by atoms with van der Waals surface area (Å²) in [6.07, 6.45) is 1.47. The van der Waals surface area contributed by atoms with E-state index in [1.807, 2.05) is 32.0 Å². The van der Waals surface area contributed by atoms with Crippen LogP contribution in [0, 0.1) is 31.0 Å². The van der Waals surface area contributed by atoms with Crippen molar-refractivity contribution in [2.24, 2.45) is 0 Å². The van der Waals surface area contributed by atoms with Gasteiger partial charge >= 0.3 is 0 Å². The molecule has 3 rings (SSSR count). The van der Waals surface area contributed by atoms with Gasteiger partial charge in [-0.2, -0.15) is 5.26 Å². The molecule has 0 aliphatic rings. The molecule has 0 heterocycles. The van der Waals surface area contributed by atoms with Crippen LogP contribution in [-0.4, -0.2) is 13.0 Å². The molecule has 0 saturated carbocycles. The van der Waals surface area contributed by atoms with Crippen molar-refractivity contribution in [1.82, 2.24) is 0 Å². The van der Waals surface area contributed by atoms with Crippen molar-refractivity contribution in [3.63, 3.8) is 0 Å². The molecule has 0 aromatic heterocycles. The van der Waals surface area contributed by atoms with Crippen molar-refractivity contribution in [3.05, 3.63) is 92.7 Å². The summed E-state index contributed by atoms with van der Waals surface area (Å²) in [6, 6.07) is 17.0. The van der Waals surface area contributed by atoms with Gasteiger partial charge in [-0.15, -0.1) is 0 Å². The quantitative estimate of drug-likeness (QED) is 0.298. The monoisotopic (exact) mass is 508 g/mol. The number of rotatable bonds is 7. The summed E-state index contributed by atoms with van der Waals surface area (Å²) in [5, 5.41) is 12.3. The molecule has 0 fully saturated rings. The lowest BCUT2D eigenvalue weighted by atomic mass is 10.1. The second kappa shape index (κ2) is 10.8. The van der Waals surface area contributed by atoms with Gasteiger partial charge in [0.2, 0.25) is 0 Å². The third-order valence-corrected chi connectivity index (χ3v) is 5.68. The predicted octanol–water partition coefficient (Wildman–Crippen LogP) is 6.34. The van der Waals surface area contributed by atoms with Crippen LogP contribution in [0.1, 0.15) is 22.3 Å². The zero-order chi connectivity index (χ0) is 24.0. The third-order valence-electron chi connectivity index (χ3n) is 5.00. The van der Waals surface area contributed by atoms with Crippen LogP contribution in [0.2, 0.25) is 0 Å². The molecule has 1 N–H and O–H groups in total. The highest BCUT2D eigenvalue weighted by atomic mass is 79.9. The molecule has 3 aromatic rings. The molecule has 0 radical (unpaired) electrons. The molecule has 0 spiro atoms. The molecule has 5 nitrogen and oxygen atoms in total. The van der Waals surface area contributed by atoms with Crippen molar-refractivity contribution in [2.45, 2.75) is 20.5 Å². The lowest BCUT2D eigenvalue weighted by molar-refractivity contribution is -0.112. The highest BCUT2D eigenvalue weighted by Crippen LogP contribution is 2.35. The average Bonchev–Trinajstić information content (AvgIpc) is 2.79. The topological polar surface area (TPSA) is 71.3 Å². The first-order chi connectivity index (χ1) is 15.8. The molecule has 0 aliphatic heterocycles. The number of nitrogens with zero attached hydrogens (tertiary/aromatic N) is 1. The van der Waals surface area contributed by atoms with E-state index in [9.17, 15) is 14.4 Å². The maximum absolute atomic E-state index is 13.4. The van der Waals surface area contributed by atoms with Gasteiger partial charge in [-0.1, -0.05) is 34.1 Å². The summed E-state index contributed by atoms with van der Waals surface area (Å²) in [6.45, 7) is 4.09. The van der Waals surface area contributed by atoms with Gasteiger partial charge in [0.15, 0.2) is 11.5 Å². The Morgan fingerprint density at radius 3 is 2.58 bits per heavy atom. The molecule has 0 bridgehead atoms. The summed E-state index contributed by atoms with van der Waals surface area (Å²) in [5.41, 5.74) is 3.94. The Labute approximate surface area is 200 Å². The van der Waals surface area contributed by atoms with Crippen molar-refractivity contribution in [1.29, 1.82) is 5.26 Å². The van der Waals surface area contributed by atoms with Crippen LogP contribution in [0.3, 0.4) is 0 Å². The fraction of sp³-hybridized carbons (Fsp3) is 0.154. The summed E-state index contributed by atoms with van der Waals surface area (Å²) in [7, 11) is 1.49. The molecule has 0 saturated heterocycles. The number of aryl methyl sites for hydroxylation is 2. The smallest absolute Gasteiger partial charge is 0.266 e. The van der Waals surface area contributed by atoms with E-state index in [0.29, 0.717) is 32.8 Å². The zero-order valence-electron chi connectivity index (χ0n) is 18.4. The lowest BCUT2D eigenvalue weighted by Crippen LogP contribution is -2.13. The van der Waals surface area contributed by atoms with Gasteiger partial charge in [0, 0.05) is 10.2 Å². The van der Waals surface area contributed by atoms with Crippen molar-refractivity contribution in [3.8, 4) is 17.6 Å². The molecule has 33 heavy (non-hydrogen) atoms. The Balaban J connectivity index is 1.82. The van der Waals surface area contributed by atoms with E-state index in [1.165, 1.54) is 25.3 Å². The Morgan fingerprint density at radius 2 is 1.91 bits per heavy atom. The van der Waals surface area contributed by atoms with Crippen LogP contribution >= 0.6 is 15.9 Å². The van der Waals surface area contributed by atoms with E-state index in [-0.39, 0.29) is 18.0 Å². The Kier molecular flexibility index (Phi) is 7.86. The van der Waals surface area contributed by atoms with Gasteiger partial charge in [0.1, 0.15) is 24.1 Å². The number of carbonyl (C=O) groups is 1. The minimum absolute atomic E-state index is 0.0654. The fourth-order valence-electron chi connectivity index (χ4n) is 3.04. The van der Waals surface area contributed by atoms with Crippen molar-refractivity contribution in [2.75, 3.05) is 12.4 Å². The van der Waals surface area contributed by atoms with Crippen LogP contribution in [0.15, 0.2) is 64.6 Å². The second-order valence-corrected chi connectivity index (χ2v) is 8.22. The average molecular weight is 509 g/mol. The number of nitrogens with one attached hydrogen (secondary N) is 1. The number of carbonyl (C=O) groups excluding carboxylic acids is 1. The first kappa shape index (κ1) is 24.0. The van der Waals surface area contributed by atoms with Gasteiger partial charge in [0.05, 0.1) is 7.11 Å². The SMILES string of the molecule is COc1cc(/C=C(\C#N)C(=O)Nc2ccc(C)c(C)c2)c(Br)cc1OCc1cccc(F)c1. The Bertz CT molecular complexity index is 1260. The third kappa shape index (κ3) is 6.21. The minimum atomic E-state index is -0.516. The summed E-state index contributed by atoms with van der Waals surface area (Å²) in [5.74, 6) is -0.0116. The number of hydrogen-bond donors (Lipinski definition) is 1. The van der Waals surface area contributed by atoms with E-state index in [2.05, 4.69) is 21.2 Å². The molecular weight excluding hydrogens is 487 g/mol. The number of ether oxygens (including phenoxy) is 2. The van der Waals surface area contributed by atoms with E-state index >= 15 is 0 Å². The van der Waals surface area contributed by atoms with Gasteiger partial charge in [-0.25, -0.2) is 4.39 Å². The highest BCUT2D eigenvalue weighted by molar-refractivity contribution is 9.10. The zero-order valence-corrected chi connectivity index (χ0v) is 20.0. The number of amides is 1. The number of halogens is 2. The second-order valence-electron chi connectivity index (χ2n) is 7.37. The van der Waals surface area contributed by atoms with E-state index < -0.39 is 5.91 Å². The van der Waals surface area contributed by atoms with Crippen molar-refractivity contribution >= 4 is 33.6 Å². The van der Waals surface area contributed by atoms with Gasteiger partial charge in [-0.05, 0) is 78.6 Å². The number of anilines is 1. The maximum Gasteiger partial charge on any atom is 0.266 e. The minimum Gasteiger partial charge on any atom is -0.493 e. The molecule has 3 aromatic carbocycles. The molecule has 0 unspecified atom stereocenters. The first-order valence-electron chi connectivity index (χ1n) is 10.1. The molecular formula is C26H22BrFN2O3. The van der Waals surface area contributed by atoms with Crippen LogP contribution in [-0.2, 0) is 11.4 Å². The van der Waals surface area contributed by atoms with Gasteiger partial charge < -0.3 is 14.8 Å². The highest BCUT2D eigenvalue weighted by Gasteiger charge is 2.14. The van der Waals surface area contributed by atoms with Crippen LogP contribution in [0.4, 0.5) is 10.1 Å². The van der Waals surface area contributed by atoms with Gasteiger partial charge in [0.25, 0.3) is 5.91 Å². The summed E-state index contributed by atoms with van der Waals surface area (Å²) >= 11 is 3.46. The standard InChI is InChI=1S/C26H22BrFN2O3/c1-16-7-8-22(9-17(16)2)30-26(31)20(14-29)11-19-12-24(32-3)25(13-23(19)27)33-15-18-5-4-6-21(28)10-18/h4-13H,15H2,1-3H3,(H,30,31)/b20-11+. The van der Waals surface area contributed by atoms with Crippen LogP contribution in [0.5, 0.6) is 11.5 Å². The van der Waals surface area contributed by atoms with Crippen molar-refractivity contribution < 1.29 is 18.7 Å². The molecule has 0 aliphatic carbocycles. The molecule has 7 heteroatoms. The lowest BCUT2D eigenvalue weighted by Gasteiger charge is -2.13. The summed E-state index contributed by atoms with van der Waals surface area (Å²) in [4.78, 5) is 12.7. The largest absolute Gasteiger partial charge is 0.493 e. The van der Waals surface area contributed by atoms with E-state index in [0.717, 1.165) is 11.1 Å². The number of nitriles is 1. The van der Waals surface area contributed by atoms with E-state index in [4.69, 9.17) is 9.47 Å². The maximum atomic E-state index is 13.4. The number of benzene rings is 3. The molecule has 1 amide bonds. The summed E-state index contributed by atoms with van der Waals surface area (Å²) < 4.78 is 25.2. The predicted molar refractivity (Wildman–Crippen MR) is 130 cm³/mol. The molecule has 0 atom stereocenters. The Morgan fingerprint density at radius 1 is 1.12 bits per heavy atom. The van der Waals surface area contributed by atoms with Crippen LogP contribution < -0.4 is 14.8 Å². The first-order valence-corrected chi connectivity index (χ1v) is 10.8. The number of methoxy groups -OCH3 is 1. The molecule has 168 valence electrons.